The molecule has 1 atom stereocenters. The second-order valence-corrected chi connectivity index (χ2v) is 5.77. The maximum atomic E-state index is 12.4. The standard InChI is InChI=1S/C18H22N4O2/c1-14(16-6-4-3-5-7-16)20-13-17(12-19)18(24)22-10-8-21(9-11-22)15(2)23/h3-7,13-14,20H,8-11H2,1-2H3/b17-13-. The number of carbonyl (C=O) groups is 2. The van der Waals surface area contributed by atoms with Crippen molar-refractivity contribution in [2.75, 3.05) is 26.2 Å². The zero-order chi connectivity index (χ0) is 17.5. The minimum Gasteiger partial charge on any atom is -0.383 e. The number of nitrogens with zero attached hydrogens (tertiary/aromatic N) is 3. The molecule has 6 nitrogen and oxygen atoms in total. The lowest BCUT2D eigenvalue weighted by molar-refractivity contribution is -0.136. The lowest BCUT2D eigenvalue weighted by atomic mass is 10.1. The summed E-state index contributed by atoms with van der Waals surface area (Å²) in [7, 11) is 0. The molecule has 6 heteroatoms. The van der Waals surface area contributed by atoms with Gasteiger partial charge in [0.05, 0.1) is 0 Å². The highest BCUT2D eigenvalue weighted by molar-refractivity contribution is 5.97. The summed E-state index contributed by atoms with van der Waals surface area (Å²) in [5.74, 6) is -0.287. The van der Waals surface area contributed by atoms with Crippen molar-refractivity contribution >= 4 is 11.8 Å². The van der Waals surface area contributed by atoms with Gasteiger partial charge in [-0.1, -0.05) is 30.3 Å². The van der Waals surface area contributed by atoms with Crippen LogP contribution in [0.3, 0.4) is 0 Å². The fourth-order valence-corrected chi connectivity index (χ4v) is 2.58. The van der Waals surface area contributed by atoms with Crippen LogP contribution in [0.2, 0.25) is 0 Å². The zero-order valence-corrected chi connectivity index (χ0v) is 14.0. The van der Waals surface area contributed by atoms with Crippen molar-refractivity contribution < 1.29 is 9.59 Å². The van der Waals surface area contributed by atoms with Crippen LogP contribution >= 0.6 is 0 Å². The van der Waals surface area contributed by atoms with E-state index in [1.807, 2.05) is 43.3 Å². The van der Waals surface area contributed by atoms with Gasteiger partial charge in [-0.25, -0.2) is 0 Å². The second-order valence-electron chi connectivity index (χ2n) is 5.77. The number of nitriles is 1. The SMILES string of the molecule is CC(=O)N1CCN(C(=O)/C(C#N)=C\NC(C)c2ccccc2)CC1. The number of hydrogen-bond donors (Lipinski definition) is 1. The number of amides is 2. The van der Waals surface area contributed by atoms with E-state index in [9.17, 15) is 14.9 Å². The first kappa shape index (κ1) is 17.5. The van der Waals surface area contributed by atoms with E-state index in [2.05, 4.69) is 5.32 Å². The van der Waals surface area contributed by atoms with Crippen molar-refractivity contribution in [2.45, 2.75) is 19.9 Å². The average molecular weight is 326 g/mol. The molecule has 0 aliphatic carbocycles. The normalized spacial score (nSPS) is 16.3. The number of nitrogens with one attached hydrogen (secondary N) is 1. The van der Waals surface area contributed by atoms with E-state index in [0.29, 0.717) is 26.2 Å². The minimum absolute atomic E-state index is 0.00286. The molecule has 1 unspecified atom stereocenters. The molecule has 0 radical (unpaired) electrons. The Hall–Kier alpha value is -2.81. The summed E-state index contributed by atoms with van der Waals surface area (Å²) in [5, 5.41) is 12.4. The Morgan fingerprint density at radius 1 is 1.17 bits per heavy atom. The molecule has 1 saturated heterocycles. The predicted molar refractivity (Wildman–Crippen MR) is 90.5 cm³/mol. The van der Waals surface area contributed by atoms with E-state index in [0.717, 1.165) is 5.56 Å². The maximum absolute atomic E-state index is 12.4. The molecule has 1 heterocycles. The molecule has 1 aliphatic heterocycles. The average Bonchev–Trinajstić information content (AvgIpc) is 2.62. The summed E-state index contributed by atoms with van der Waals surface area (Å²) in [6.45, 7) is 5.41. The molecular formula is C18H22N4O2. The number of carbonyl (C=O) groups excluding carboxylic acids is 2. The first-order chi connectivity index (χ1) is 11.5. The molecule has 1 aromatic carbocycles. The van der Waals surface area contributed by atoms with Crippen LogP contribution in [0, 0.1) is 11.3 Å². The van der Waals surface area contributed by atoms with Gasteiger partial charge in [0, 0.05) is 45.3 Å². The Morgan fingerprint density at radius 2 is 1.75 bits per heavy atom. The van der Waals surface area contributed by atoms with Gasteiger partial charge in [0.15, 0.2) is 0 Å². The lowest BCUT2D eigenvalue weighted by Crippen LogP contribution is -2.50. The Kier molecular flexibility index (Phi) is 5.96. The van der Waals surface area contributed by atoms with E-state index in [-0.39, 0.29) is 23.4 Å². The van der Waals surface area contributed by atoms with Gasteiger partial charge < -0.3 is 15.1 Å². The highest BCUT2D eigenvalue weighted by atomic mass is 16.2. The summed E-state index contributed by atoms with van der Waals surface area (Å²) >= 11 is 0. The van der Waals surface area contributed by atoms with Crippen LogP contribution in [0.25, 0.3) is 0 Å². The highest BCUT2D eigenvalue weighted by Gasteiger charge is 2.24. The Balaban J connectivity index is 1.97. The van der Waals surface area contributed by atoms with Gasteiger partial charge >= 0.3 is 0 Å². The Bertz CT molecular complexity index is 655. The van der Waals surface area contributed by atoms with Crippen LogP contribution in [0.15, 0.2) is 42.1 Å². The first-order valence-electron chi connectivity index (χ1n) is 7.99. The summed E-state index contributed by atoms with van der Waals surface area (Å²) in [6, 6.07) is 11.8. The van der Waals surface area contributed by atoms with Crippen LogP contribution in [0.5, 0.6) is 0 Å². The lowest BCUT2D eigenvalue weighted by Gasteiger charge is -2.34. The smallest absolute Gasteiger partial charge is 0.266 e. The van der Waals surface area contributed by atoms with E-state index in [4.69, 9.17) is 0 Å². The van der Waals surface area contributed by atoms with Gasteiger partial charge in [0.2, 0.25) is 5.91 Å². The third-order valence-corrected chi connectivity index (χ3v) is 4.14. The van der Waals surface area contributed by atoms with Crippen LogP contribution in [-0.4, -0.2) is 47.8 Å². The Labute approximate surface area is 142 Å². The summed E-state index contributed by atoms with van der Waals surface area (Å²) in [5.41, 5.74) is 1.16. The van der Waals surface area contributed by atoms with E-state index >= 15 is 0 Å². The van der Waals surface area contributed by atoms with Crippen LogP contribution in [0.4, 0.5) is 0 Å². The van der Waals surface area contributed by atoms with E-state index in [1.165, 1.54) is 13.1 Å². The molecule has 1 aliphatic rings. The molecule has 1 fully saturated rings. The number of benzene rings is 1. The predicted octanol–water partition coefficient (Wildman–Crippen LogP) is 1.44. The van der Waals surface area contributed by atoms with Crippen molar-refractivity contribution in [1.29, 1.82) is 5.26 Å². The van der Waals surface area contributed by atoms with Crippen molar-refractivity contribution in [2.24, 2.45) is 0 Å². The molecule has 1 N–H and O–H groups in total. The minimum atomic E-state index is -0.298. The van der Waals surface area contributed by atoms with Gasteiger partial charge in [-0.2, -0.15) is 5.26 Å². The maximum Gasteiger partial charge on any atom is 0.266 e. The molecular weight excluding hydrogens is 304 g/mol. The quantitative estimate of drug-likeness (QED) is 0.671. The molecule has 0 bridgehead atoms. The summed E-state index contributed by atoms with van der Waals surface area (Å²) in [4.78, 5) is 27.1. The van der Waals surface area contributed by atoms with Gasteiger partial charge in [0.1, 0.15) is 11.6 Å². The number of piperazine rings is 1. The van der Waals surface area contributed by atoms with Gasteiger partial charge in [-0.3, -0.25) is 9.59 Å². The molecule has 24 heavy (non-hydrogen) atoms. The van der Waals surface area contributed by atoms with E-state index < -0.39 is 0 Å². The fourth-order valence-electron chi connectivity index (χ4n) is 2.58. The molecule has 126 valence electrons. The topological polar surface area (TPSA) is 76.4 Å². The zero-order valence-electron chi connectivity index (χ0n) is 14.0. The highest BCUT2D eigenvalue weighted by Crippen LogP contribution is 2.12. The number of hydrogen-bond acceptors (Lipinski definition) is 4. The summed E-state index contributed by atoms with van der Waals surface area (Å²) in [6.07, 6.45) is 1.48. The van der Waals surface area contributed by atoms with Crippen molar-refractivity contribution in [3.8, 4) is 6.07 Å². The largest absolute Gasteiger partial charge is 0.383 e. The Morgan fingerprint density at radius 3 is 2.29 bits per heavy atom. The number of rotatable bonds is 4. The molecule has 0 aromatic heterocycles. The third-order valence-electron chi connectivity index (χ3n) is 4.14. The van der Waals surface area contributed by atoms with Crippen molar-refractivity contribution in [3.05, 3.63) is 47.7 Å². The van der Waals surface area contributed by atoms with Gasteiger partial charge in [0.25, 0.3) is 5.91 Å². The second kappa shape index (κ2) is 8.16. The van der Waals surface area contributed by atoms with E-state index in [1.54, 1.807) is 9.80 Å². The monoisotopic (exact) mass is 326 g/mol. The third kappa shape index (κ3) is 4.35. The fraction of sp³-hybridized carbons (Fsp3) is 0.389. The molecule has 0 spiro atoms. The van der Waals surface area contributed by atoms with Crippen LogP contribution in [0.1, 0.15) is 25.5 Å². The van der Waals surface area contributed by atoms with Crippen molar-refractivity contribution in [3.63, 3.8) is 0 Å². The first-order valence-corrected chi connectivity index (χ1v) is 7.99. The molecule has 2 rings (SSSR count). The molecule has 2 amide bonds. The van der Waals surface area contributed by atoms with Gasteiger partial charge in [-0.05, 0) is 12.5 Å². The van der Waals surface area contributed by atoms with Crippen LogP contribution in [-0.2, 0) is 9.59 Å². The molecule has 0 saturated carbocycles. The van der Waals surface area contributed by atoms with Crippen LogP contribution < -0.4 is 5.32 Å². The van der Waals surface area contributed by atoms with Gasteiger partial charge in [-0.15, -0.1) is 0 Å². The summed E-state index contributed by atoms with van der Waals surface area (Å²) < 4.78 is 0. The molecule has 1 aromatic rings. The van der Waals surface area contributed by atoms with Crippen molar-refractivity contribution in [1.82, 2.24) is 15.1 Å².